The van der Waals surface area contributed by atoms with Gasteiger partial charge in [-0.2, -0.15) is 0 Å². The van der Waals surface area contributed by atoms with E-state index in [1.54, 1.807) is 6.07 Å². The lowest BCUT2D eigenvalue weighted by molar-refractivity contribution is -0.140. The summed E-state index contributed by atoms with van der Waals surface area (Å²) in [7, 11) is 1.37. The minimum atomic E-state index is -0.214. The quantitative estimate of drug-likeness (QED) is 0.611. The van der Waals surface area contributed by atoms with Crippen LogP contribution in [0.2, 0.25) is 0 Å². The van der Waals surface area contributed by atoms with Gasteiger partial charge in [-0.1, -0.05) is 17.7 Å². The first-order valence-electron chi connectivity index (χ1n) is 5.66. The smallest absolute Gasteiger partial charge is 0.305 e. The zero-order valence-electron chi connectivity index (χ0n) is 10.3. The fourth-order valence-electron chi connectivity index (χ4n) is 1.52. The molecule has 0 amide bonds. The molecule has 0 aliphatic rings. The SMILES string of the molecule is COC(=O)CCCNCc1cc(C)ccc1F. The number of benzene rings is 1. The summed E-state index contributed by atoms with van der Waals surface area (Å²) < 4.78 is 17.9. The standard InChI is InChI=1S/C13H18FNO2/c1-10-5-6-12(14)11(8-10)9-15-7-3-4-13(16)17-2/h5-6,8,15H,3-4,7,9H2,1-2H3. The van der Waals surface area contributed by atoms with Crippen LogP contribution in [0.25, 0.3) is 0 Å². The third-order valence-electron chi connectivity index (χ3n) is 2.48. The van der Waals surface area contributed by atoms with Gasteiger partial charge in [-0.15, -0.1) is 0 Å². The van der Waals surface area contributed by atoms with Crippen LogP contribution in [0.1, 0.15) is 24.0 Å². The summed E-state index contributed by atoms with van der Waals surface area (Å²) in [6.45, 7) is 3.08. The molecule has 1 aromatic rings. The van der Waals surface area contributed by atoms with Crippen molar-refractivity contribution < 1.29 is 13.9 Å². The maximum atomic E-state index is 13.3. The highest BCUT2D eigenvalue weighted by Crippen LogP contribution is 2.09. The molecule has 0 bridgehead atoms. The molecule has 0 radical (unpaired) electrons. The minimum absolute atomic E-state index is 0.198. The number of ether oxygens (including phenoxy) is 1. The van der Waals surface area contributed by atoms with Gasteiger partial charge in [-0.25, -0.2) is 4.39 Å². The predicted molar refractivity (Wildman–Crippen MR) is 64.1 cm³/mol. The Labute approximate surface area is 101 Å². The number of methoxy groups -OCH3 is 1. The number of esters is 1. The van der Waals surface area contributed by atoms with E-state index in [-0.39, 0.29) is 11.8 Å². The number of rotatable bonds is 6. The summed E-state index contributed by atoms with van der Waals surface area (Å²) in [4.78, 5) is 10.8. The highest BCUT2D eigenvalue weighted by Gasteiger charge is 2.02. The lowest BCUT2D eigenvalue weighted by Crippen LogP contribution is -2.17. The Kier molecular flexibility index (Phi) is 5.63. The number of halogens is 1. The van der Waals surface area contributed by atoms with Gasteiger partial charge in [-0.05, 0) is 26.0 Å². The van der Waals surface area contributed by atoms with Crippen molar-refractivity contribution in [2.75, 3.05) is 13.7 Å². The van der Waals surface area contributed by atoms with E-state index < -0.39 is 0 Å². The second-order valence-electron chi connectivity index (χ2n) is 3.95. The predicted octanol–water partition coefficient (Wildman–Crippen LogP) is 2.18. The van der Waals surface area contributed by atoms with Gasteiger partial charge in [0.05, 0.1) is 7.11 Å². The van der Waals surface area contributed by atoms with Gasteiger partial charge < -0.3 is 10.1 Å². The Balaban J connectivity index is 2.26. The summed E-state index contributed by atoms with van der Waals surface area (Å²) >= 11 is 0. The van der Waals surface area contributed by atoms with E-state index in [0.717, 1.165) is 5.56 Å². The molecule has 0 spiro atoms. The van der Waals surface area contributed by atoms with Crippen molar-refractivity contribution in [1.29, 1.82) is 0 Å². The molecule has 1 aromatic carbocycles. The molecule has 0 atom stereocenters. The van der Waals surface area contributed by atoms with Gasteiger partial charge in [-0.3, -0.25) is 4.79 Å². The van der Waals surface area contributed by atoms with Crippen LogP contribution in [-0.4, -0.2) is 19.6 Å². The maximum Gasteiger partial charge on any atom is 0.305 e. The molecular weight excluding hydrogens is 221 g/mol. The van der Waals surface area contributed by atoms with E-state index in [1.165, 1.54) is 13.2 Å². The minimum Gasteiger partial charge on any atom is -0.469 e. The van der Waals surface area contributed by atoms with Gasteiger partial charge in [0.2, 0.25) is 0 Å². The molecule has 1 rings (SSSR count). The Bertz CT molecular complexity index is 380. The summed E-state index contributed by atoms with van der Waals surface area (Å²) in [5.74, 6) is -0.412. The zero-order chi connectivity index (χ0) is 12.7. The Morgan fingerprint density at radius 3 is 2.94 bits per heavy atom. The number of carbonyl (C=O) groups excluding carboxylic acids is 1. The maximum absolute atomic E-state index is 13.3. The van der Waals surface area contributed by atoms with Crippen LogP contribution >= 0.6 is 0 Å². The first-order valence-corrected chi connectivity index (χ1v) is 5.66. The van der Waals surface area contributed by atoms with Crippen LogP contribution in [-0.2, 0) is 16.1 Å². The van der Waals surface area contributed by atoms with Crippen LogP contribution in [0.15, 0.2) is 18.2 Å². The van der Waals surface area contributed by atoms with E-state index in [4.69, 9.17) is 0 Å². The molecule has 17 heavy (non-hydrogen) atoms. The van der Waals surface area contributed by atoms with E-state index in [2.05, 4.69) is 10.1 Å². The van der Waals surface area contributed by atoms with Gasteiger partial charge >= 0.3 is 5.97 Å². The lowest BCUT2D eigenvalue weighted by atomic mass is 10.1. The number of nitrogens with one attached hydrogen (secondary N) is 1. The summed E-state index contributed by atoms with van der Waals surface area (Å²) in [6, 6.07) is 5.04. The molecule has 0 saturated heterocycles. The lowest BCUT2D eigenvalue weighted by Gasteiger charge is -2.06. The van der Waals surface area contributed by atoms with Crippen LogP contribution in [0.3, 0.4) is 0 Å². The second kappa shape index (κ2) is 7.01. The topological polar surface area (TPSA) is 38.3 Å². The average Bonchev–Trinajstić information content (AvgIpc) is 2.32. The molecule has 0 saturated carbocycles. The van der Waals surface area contributed by atoms with Crippen molar-refractivity contribution in [1.82, 2.24) is 5.32 Å². The number of carbonyl (C=O) groups is 1. The summed E-state index contributed by atoms with van der Waals surface area (Å²) in [5, 5.41) is 3.10. The van der Waals surface area contributed by atoms with Crippen molar-refractivity contribution >= 4 is 5.97 Å². The van der Waals surface area contributed by atoms with Gasteiger partial charge in [0.25, 0.3) is 0 Å². The first-order chi connectivity index (χ1) is 8.13. The fourth-order valence-corrected chi connectivity index (χ4v) is 1.52. The summed E-state index contributed by atoms with van der Waals surface area (Å²) in [6.07, 6.45) is 1.08. The third-order valence-corrected chi connectivity index (χ3v) is 2.48. The van der Waals surface area contributed by atoms with Crippen molar-refractivity contribution in [3.8, 4) is 0 Å². The second-order valence-corrected chi connectivity index (χ2v) is 3.95. The zero-order valence-corrected chi connectivity index (χ0v) is 10.3. The normalized spacial score (nSPS) is 10.3. The van der Waals surface area contributed by atoms with Crippen molar-refractivity contribution in [2.24, 2.45) is 0 Å². The Hall–Kier alpha value is -1.42. The molecule has 1 N–H and O–H groups in total. The molecule has 0 heterocycles. The largest absolute Gasteiger partial charge is 0.469 e. The van der Waals surface area contributed by atoms with Gasteiger partial charge in [0, 0.05) is 18.5 Å². The van der Waals surface area contributed by atoms with Crippen molar-refractivity contribution in [3.63, 3.8) is 0 Å². The highest BCUT2D eigenvalue weighted by atomic mass is 19.1. The van der Waals surface area contributed by atoms with E-state index in [1.807, 2.05) is 13.0 Å². The molecule has 3 nitrogen and oxygen atoms in total. The molecule has 4 heteroatoms. The molecule has 94 valence electrons. The van der Waals surface area contributed by atoms with Crippen LogP contribution in [0.5, 0.6) is 0 Å². The Morgan fingerprint density at radius 1 is 1.47 bits per heavy atom. The molecule has 0 aliphatic heterocycles. The number of aryl methyl sites for hydroxylation is 1. The molecule has 0 aromatic heterocycles. The van der Waals surface area contributed by atoms with Gasteiger partial charge in [0.15, 0.2) is 0 Å². The molecular formula is C13H18FNO2. The van der Waals surface area contributed by atoms with E-state index in [0.29, 0.717) is 31.5 Å². The van der Waals surface area contributed by atoms with E-state index >= 15 is 0 Å². The molecule has 0 unspecified atom stereocenters. The third kappa shape index (κ3) is 4.95. The Morgan fingerprint density at radius 2 is 2.24 bits per heavy atom. The number of hydrogen-bond donors (Lipinski definition) is 1. The molecule has 0 fully saturated rings. The first kappa shape index (κ1) is 13.6. The van der Waals surface area contributed by atoms with Crippen molar-refractivity contribution in [3.05, 3.63) is 35.1 Å². The molecule has 0 aliphatic carbocycles. The highest BCUT2D eigenvalue weighted by molar-refractivity contribution is 5.69. The van der Waals surface area contributed by atoms with E-state index in [9.17, 15) is 9.18 Å². The summed E-state index contributed by atoms with van der Waals surface area (Å²) in [5.41, 5.74) is 1.70. The van der Waals surface area contributed by atoms with Crippen LogP contribution in [0.4, 0.5) is 4.39 Å². The van der Waals surface area contributed by atoms with Crippen LogP contribution in [0, 0.1) is 12.7 Å². The monoisotopic (exact) mass is 239 g/mol. The van der Waals surface area contributed by atoms with Gasteiger partial charge in [0.1, 0.15) is 5.82 Å². The average molecular weight is 239 g/mol. The van der Waals surface area contributed by atoms with Crippen molar-refractivity contribution in [2.45, 2.75) is 26.3 Å². The number of hydrogen-bond acceptors (Lipinski definition) is 3. The fraction of sp³-hybridized carbons (Fsp3) is 0.462. The van der Waals surface area contributed by atoms with Crippen LogP contribution < -0.4 is 5.32 Å².